The van der Waals surface area contributed by atoms with E-state index in [9.17, 15) is 4.39 Å². The summed E-state index contributed by atoms with van der Waals surface area (Å²) in [5, 5.41) is 13.8. The molecule has 6 nitrogen and oxygen atoms in total. The summed E-state index contributed by atoms with van der Waals surface area (Å²) in [6.07, 6.45) is 0. The Morgan fingerprint density at radius 2 is 1.86 bits per heavy atom. The standard InChI is InChI=1S/C19H15ClFN5OS/c1-11-3-4-13(9-15(11)21)17-22-16(27-25-17)10-28-19-24-23-18(26(19)2)12-5-7-14(20)8-6-12/h3-9H,10H2,1-2H3. The van der Waals surface area contributed by atoms with Crippen LogP contribution in [0.4, 0.5) is 4.39 Å². The van der Waals surface area contributed by atoms with E-state index in [1.165, 1.54) is 17.8 Å². The molecular formula is C19H15ClFN5OS. The summed E-state index contributed by atoms with van der Waals surface area (Å²) >= 11 is 7.36. The first kappa shape index (κ1) is 18.6. The van der Waals surface area contributed by atoms with Crippen molar-refractivity contribution >= 4 is 23.4 Å². The molecule has 0 aliphatic carbocycles. The Morgan fingerprint density at radius 3 is 2.61 bits per heavy atom. The molecule has 0 amide bonds. The van der Waals surface area contributed by atoms with Crippen molar-refractivity contribution in [3.63, 3.8) is 0 Å². The van der Waals surface area contributed by atoms with Gasteiger partial charge in [0.15, 0.2) is 11.0 Å². The fourth-order valence-corrected chi connectivity index (χ4v) is 3.45. The molecule has 28 heavy (non-hydrogen) atoms. The number of hydrogen-bond donors (Lipinski definition) is 0. The summed E-state index contributed by atoms with van der Waals surface area (Å²) < 4.78 is 20.9. The van der Waals surface area contributed by atoms with Crippen LogP contribution in [0.25, 0.3) is 22.8 Å². The van der Waals surface area contributed by atoms with E-state index in [1.54, 1.807) is 19.1 Å². The Morgan fingerprint density at radius 1 is 1.11 bits per heavy atom. The second-order valence-corrected chi connectivity index (χ2v) is 7.52. The number of aryl methyl sites for hydroxylation is 1. The second-order valence-electron chi connectivity index (χ2n) is 6.14. The molecule has 4 aromatic rings. The highest BCUT2D eigenvalue weighted by Crippen LogP contribution is 2.26. The SMILES string of the molecule is Cc1ccc(-c2noc(CSc3nnc(-c4ccc(Cl)cc4)n3C)n2)cc1F. The van der Waals surface area contributed by atoms with Crippen LogP contribution in [-0.2, 0) is 12.8 Å². The molecule has 2 heterocycles. The molecule has 0 bridgehead atoms. The number of aromatic nitrogens is 5. The van der Waals surface area contributed by atoms with Crippen LogP contribution in [0.1, 0.15) is 11.5 Å². The fraction of sp³-hybridized carbons (Fsp3) is 0.158. The zero-order chi connectivity index (χ0) is 19.7. The van der Waals surface area contributed by atoms with Crippen LogP contribution >= 0.6 is 23.4 Å². The molecule has 0 atom stereocenters. The van der Waals surface area contributed by atoms with Gasteiger partial charge in [0.2, 0.25) is 11.7 Å². The molecule has 4 rings (SSSR count). The lowest BCUT2D eigenvalue weighted by Crippen LogP contribution is -1.95. The zero-order valence-electron chi connectivity index (χ0n) is 15.1. The first-order valence-electron chi connectivity index (χ1n) is 8.38. The molecular weight excluding hydrogens is 401 g/mol. The van der Waals surface area contributed by atoms with Gasteiger partial charge in [0.25, 0.3) is 0 Å². The third-order valence-electron chi connectivity index (χ3n) is 4.16. The molecule has 2 aromatic carbocycles. The smallest absolute Gasteiger partial charge is 0.237 e. The van der Waals surface area contributed by atoms with Crippen LogP contribution < -0.4 is 0 Å². The molecule has 0 fully saturated rings. The van der Waals surface area contributed by atoms with Crippen molar-refractivity contribution in [3.8, 4) is 22.8 Å². The van der Waals surface area contributed by atoms with Crippen molar-refractivity contribution in [1.82, 2.24) is 24.9 Å². The average molecular weight is 416 g/mol. The van der Waals surface area contributed by atoms with E-state index in [0.717, 1.165) is 11.4 Å². The van der Waals surface area contributed by atoms with Gasteiger partial charge in [0.05, 0.1) is 5.75 Å². The lowest BCUT2D eigenvalue weighted by atomic mass is 10.1. The van der Waals surface area contributed by atoms with Crippen molar-refractivity contribution in [2.75, 3.05) is 0 Å². The van der Waals surface area contributed by atoms with Gasteiger partial charge < -0.3 is 9.09 Å². The van der Waals surface area contributed by atoms with E-state index in [4.69, 9.17) is 16.1 Å². The topological polar surface area (TPSA) is 69.6 Å². The highest BCUT2D eigenvalue weighted by atomic mass is 35.5. The molecule has 0 spiro atoms. The molecule has 0 saturated heterocycles. The van der Waals surface area contributed by atoms with Crippen molar-refractivity contribution in [1.29, 1.82) is 0 Å². The predicted molar refractivity (Wildman–Crippen MR) is 105 cm³/mol. The Balaban J connectivity index is 1.47. The van der Waals surface area contributed by atoms with Crippen LogP contribution in [0.2, 0.25) is 5.02 Å². The van der Waals surface area contributed by atoms with E-state index >= 15 is 0 Å². The number of nitrogens with zero attached hydrogens (tertiary/aromatic N) is 5. The van der Waals surface area contributed by atoms with Crippen molar-refractivity contribution in [3.05, 3.63) is 64.8 Å². The van der Waals surface area contributed by atoms with Gasteiger partial charge in [-0.05, 0) is 42.8 Å². The first-order chi connectivity index (χ1) is 13.5. The minimum absolute atomic E-state index is 0.299. The van der Waals surface area contributed by atoms with Crippen LogP contribution in [-0.4, -0.2) is 24.9 Å². The minimum Gasteiger partial charge on any atom is -0.338 e. The highest BCUT2D eigenvalue weighted by molar-refractivity contribution is 7.98. The Hall–Kier alpha value is -2.71. The number of hydrogen-bond acceptors (Lipinski definition) is 6. The van der Waals surface area contributed by atoms with Gasteiger partial charge in [-0.3, -0.25) is 0 Å². The average Bonchev–Trinajstić information content (AvgIpc) is 3.30. The largest absolute Gasteiger partial charge is 0.338 e. The van der Waals surface area contributed by atoms with Crippen molar-refractivity contribution in [2.45, 2.75) is 17.8 Å². The predicted octanol–water partition coefficient (Wildman–Crippen LogP) is 4.93. The van der Waals surface area contributed by atoms with Gasteiger partial charge in [0.1, 0.15) is 5.82 Å². The normalized spacial score (nSPS) is 11.1. The zero-order valence-corrected chi connectivity index (χ0v) is 16.6. The van der Waals surface area contributed by atoms with E-state index < -0.39 is 0 Å². The van der Waals surface area contributed by atoms with Gasteiger partial charge in [-0.2, -0.15) is 4.98 Å². The lowest BCUT2D eigenvalue weighted by molar-refractivity contribution is 0.391. The number of thioether (sulfide) groups is 1. The van der Waals surface area contributed by atoms with Crippen LogP contribution in [0, 0.1) is 12.7 Å². The van der Waals surface area contributed by atoms with Gasteiger partial charge in [-0.15, -0.1) is 10.2 Å². The molecule has 142 valence electrons. The molecule has 0 aliphatic rings. The maximum Gasteiger partial charge on any atom is 0.237 e. The third kappa shape index (κ3) is 3.79. The van der Waals surface area contributed by atoms with Crippen LogP contribution in [0.15, 0.2) is 52.1 Å². The molecule has 0 unspecified atom stereocenters. The monoisotopic (exact) mass is 415 g/mol. The Kier molecular flexibility index (Phi) is 5.15. The van der Waals surface area contributed by atoms with Crippen LogP contribution in [0.5, 0.6) is 0 Å². The first-order valence-corrected chi connectivity index (χ1v) is 9.75. The Bertz CT molecular complexity index is 1130. The summed E-state index contributed by atoms with van der Waals surface area (Å²) in [6.45, 7) is 1.70. The summed E-state index contributed by atoms with van der Waals surface area (Å²) in [5.41, 5.74) is 2.07. The van der Waals surface area contributed by atoms with E-state index in [-0.39, 0.29) is 5.82 Å². The summed E-state index contributed by atoms with van der Waals surface area (Å²) in [5.74, 6) is 1.65. The summed E-state index contributed by atoms with van der Waals surface area (Å²) in [7, 11) is 1.89. The maximum atomic E-state index is 13.7. The molecule has 9 heteroatoms. The number of benzene rings is 2. The molecule has 0 aliphatic heterocycles. The third-order valence-corrected chi connectivity index (χ3v) is 5.42. The van der Waals surface area contributed by atoms with Crippen LogP contribution in [0.3, 0.4) is 0 Å². The van der Waals surface area contributed by atoms with Gasteiger partial charge in [-0.1, -0.05) is 40.7 Å². The molecule has 2 aromatic heterocycles. The van der Waals surface area contributed by atoms with E-state index in [0.29, 0.717) is 38.8 Å². The van der Waals surface area contributed by atoms with E-state index in [2.05, 4.69) is 20.3 Å². The number of rotatable bonds is 5. The Labute approximate surface area is 169 Å². The molecule has 0 N–H and O–H groups in total. The lowest BCUT2D eigenvalue weighted by Gasteiger charge is -2.03. The second kappa shape index (κ2) is 7.73. The quantitative estimate of drug-likeness (QED) is 0.430. The van der Waals surface area contributed by atoms with Gasteiger partial charge in [0, 0.05) is 23.2 Å². The van der Waals surface area contributed by atoms with Crippen molar-refractivity contribution < 1.29 is 8.91 Å². The maximum absolute atomic E-state index is 13.7. The molecule has 0 radical (unpaired) electrons. The summed E-state index contributed by atoms with van der Waals surface area (Å²) in [4.78, 5) is 4.33. The van der Waals surface area contributed by atoms with Gasteiger partial charge in [-0.25, -0.2) is 4.39 Å². The number of halogens is 2. The molecule has 0 saturated carbocycles. The highest BCUT2D eigenvalue weighted by Gasteiger charge is 2.14. The van der Waals surface area contributed by atoms with Crippen molar-refractivity contribution in [2.24, 2.45) is 7.05 Å². The minimum atomic E-state index is -0.299. The summed E-state index contributed by atoms with van der Waals surface area (Å²) in [6, 6.07) is 12.3. The fourth-order valence-electron chi connectivity index (χ4n) is 2.58. The van der Waals surface area contributed by atoms with E-state index in [1.807, 2.05) is 35.9 Å². The van der Waals surface area contributed by atoms with Gasteiger partial charge >= 0.3 is 0 Å².